The smallest absolute Gasteiger partial charge is 0.0597 e. The molecule has 0 bridgehead atoms. The molecule has 0 saturated carbocycles. The third-order valence-electron chi connectivity index (χ3n) is 2.76. The van der Waals surface area contributed by atoms with Crippen LogP contribution in [0.15, 0.2) is 0 Å². The predicted molar refractivity (Wildman–Crippen MR) is 66.1 cm³/mol. The molecule has 3 nitrogen and oxygen atoms in total. The molecule has 0 aliphatic rings. The lowest BCUT2D eigenvalue weighted by Gasteiger charge is -2.25. The van der Waals surface area contributed by atoms with Crippen LogP contribution in [0, 0.1) is 5.92 Å². The monoisotopic (exact) mass is 216 g/mol. The molecule has 0 aliphatic carbocycles. The highest BCUT2D eigenvalue weighted by atomic mass is 16.3. The standard InChI is InChI=1S/C12H28N2O/c1-5-7-13-12(10-15)9-14(4)8-11(3)6-2/h11-13,15H,5-10H2,1-4H3. The van der Waals surface area contributed by atoms with E-state index in [1.165, 1.54) is 6.42 Å². The van der Waals surface area contributed by atoms with Crippen molar-refractivity contribution in [2.24, 2.45) is 5.92 Å². The Hall–Kier alpha value is -0.120. The summed E-state index contributed by atoms with van der Waals surface area (Å²) in [5.74, 6) is 0.737. The Morgan fingerprint density at radius 2 is 1.93 bits per heavy atom. The van der Waals surface area contributed by atoms with Gasteiger partial charge in [0.1, 0.15) is 0 Å². The van der Waals surface area contributed by atoms with Crippen LogP contribution in [0.3, 0.4) is 0 Å². The Kier molecular flexibility index (Phi) is 9.06. The minimum absolute atomic E-state index is 0.221. The van der Waals surface area contributed by atoms with Gasteiger partial charge in [0.2, 0.25) is 0 Å². The first-order chi connectivity index (χ1) is 7.13. The normalized spacial score (nSPS) is 15.6. The summed E-state index contributed by atoms with van der Waals surface area (Å²) in [6.07, 6.45) is 2.34. The fourth-order valence-corrected chi connectivity index (χ4v) is 1.65. The van der Waals surface area contributed by atoms with E-state index in [1.807, 2.05) is 0 Å². The van der Waals surface area contributed by atoms with Crippen molar-refractivity contribution in [3.8, 4) is 0 Å². The lowest BCUT2D eigenvalue weighted by Crippen LogP contribution is -2.43. The average molecular weight is 216 g/mol. The molecule has 2 unspecified atom stereocenters. The number of likely N-dealkylation sites (N-methyl/N-ethyl adjacent to an activating group) is 1. The first kappa shape index (κ1) is 14.9. The van der Waals surface area contributed by atoms with Crippen molar-refractivity contribution < 1.29 is 5.11 Å². The second-order valence-corrected chi connectivity index (χ2v) is 4.57. The molecule has 0 saturated heterocycles. The van der Waals surface area contributed by atoms with E-state index in [4.69, 9.17) is 0 Å². The van der Waals surface area contributed by atoms with Gasteiger partial charge in [-0.05, 0) is 25.9 Å². The maximum absolute atomic E-state index is 9.20. The first-order valence-electron chi connectivity index (χ1n) is 6.16. The van der Waals surface area contributed by atoms with E-state index in [0.29, 0.717) is 0 Å². The topological polar surface area (TPSA) is 35.5 Å². The average Bonchev–Trinajstić information content (AvgIpc) is 2.23. The Balaban J connectivity index is 3.74. The van der Waals surface area contributed by atoms with Crippen molar-refractivity contribution in [3.63, 3.8) is 0 Å². The van der Waals surface area contributed by atoms with E-state index in [0.717, 1.165) is 32.0 Å². The number of aliphatic hydroxyl groups excluding tert-OH is 1. The van der Waals surface area contributed by atoms with Crippen LogP contribution in [-0.2, 0) is 0 Å². The van der Waals surface area contributed by atoms with Crippen molar-refractivity contribution in [3.05, 3.63) is 0 Å². The van der Waals surface area contributed by atoms with Crippen LogP contribution in [0.1, 0.15) is 33.6 Å². The summed E-state index contributed by atoms with van der Waals surface area (Å²) in [6.45, 7) is 9.89. The second kappa shape index (κ2) is 9.13. The fraction of sp³-hybridized carbons (Fsp3) is 1.00. The minimum Gasteiger partial charge on any atom is -0.395 e. The van der Waals surface area contributed by atoms with Crippen LogP contribution < -0.4 is 5.32 Å². The third kappa shape index (κ3) is 7.77. The Morgan fingerprint density at radius 3 is 2.40 bits per heavy atom. The Bertz CT molecular complexity index is 142. The fourth-order valence-electron chi connectivity index (χ4n) is 1.65. The summed E-state index contributed by atoms with van der Waals surface area (Å²) in [6, 6.07) is 0.221. The number of nitrogens with one attached hydrogen (secondary N) is 1. The van der Waals surface area contributed by atoms with Gasteiger partial charge in [-0.1, -0.05) is 27.2 Å². The van der Waals surface area contributed by atoms with E-state index >= 15 is 0 Å². The number of hydrogen-bond donors (Lipinski definition) is 2. The number of nitrogens with zero attached hydrogens (tertiary/aromatic N) is 1. The van der Waals surface area contributed by atoms with E-state index in [1.54, 1.807) is 0 Å². The van der Waals surface area contributed by atoms with Gasteiger partial charge >= 0.3 is 0 Å². The zero-order valence-electron chi connectivity index (χ0n) is 10.8. The predicted octanol–water partition coefficient (Wildman–Crippen LogP) is 1.32. The lowest BCUT2D eigenvalue weighted by atomic mass is 10.1. The van der Waals surface area contributed by atoms with Gasteiger partial charge in [-0.15, -0.1) is 0 Å². The molecule has 0 amide bonds. The number of aliphatic hydroxyl groups is 1. The molecular formula is C12H28N2O. The molecule has 0 rings (SSSR count). The zero-order chi connectivity index (χ0) is 11.7. The molecule has 0 aromatic carbocycles. The molecule has 0 aromatic rings. The summed E-state index contributed by atoms with van der Waals surface area (Å²) < 4.78 is 0. The van der Waals surface area contributed by atoms with Crippen molar-refractivity contribution in [2.45, 2.75) is 39.7 Å². The molecule has 15 heavy (non-hydrogen) atoms. The van der Waals surface area contributed by atoms with E-state index < -0.39 is 0 Å². The third-order valence-corrected chi connectivity index (χ3v) is 2.76. The summed E-state index contributed by atoms with van der Waals surface area (Å²) in [4.78, 5) is 2.30. The Labute approximate surface area is 94.9 Å². The van der Waals surface area contributed by atoms with Crippen LogP contribution in [-0.4, -0.2) is 49.3 Å². The highest BCUT2D eigenvalue weighted by Crippen LogP contribution is 2.02. The highest BCUT2D eigenvalue weighted by Gasteiger charge is 2.11. The van der Waals surface area contributed by atoms with Gasteiger partial charge in [-0.25, -0.2) is 0 Å². The van der Waals surface area contributed by atoms with Gasteiger partial charge in [0.05, 0.1) is 6.61 Å². The molecule has 0 aromatic heterocycles. The highest BCUT2D eigenvalue weighted by molar-refractivity contribution is 4.70. The number of rotatable bonds is 9. The zero-order valence-corrected chi connectivity index (χ0v) is 10.8. The molecule has 2 atom stereocenters. The summed E-state index contributed by atoms with van der Waals surface area (Å²) >= 11 is 0. The Morgan fingerprint density at radius 1 is 1.27 bits per heavy atom. The summed E-state index contributed by atoms with van der Waals surface area (Å²) in [5, 5.41) is 12.6. The van der Waals surface area contributed by atoms with Gasteiger partial charge in [-0.3, -0.25) is 0 Å². The van der Waals surface area contributed by atoms with E-state index in [-0.39, 0.29) is 12.6 Å². The van der Waals surface area contributed by atoms with Crippen molar-refractivity contribution in [1.82, 2.24) is 10.2 Å². The van der Waals surface area contributed by atoms with Gasteiger partial charge in [0.25, 0.3) is 0 Å². The molecule has 92 valence electrons. The number of hydrogen-bond acceptors (Lipinski definition) is 3. The SMILES string of the molecule is CCCNC(CO)CN(C)CC(C)CC. The molecular weight excluding hydrogens is 188 g/mol. The molecule has 0 aliphatic heterocycles. The minimum atomic E-state index is 0.221. The van der Waals surface area contributed by atoms with Gasteiger partial charge in [-0.2, -0.15) is 0 Å². The summed E-state index contributed by atoms with van der Waals surface area (Å²) in [5.41, 5.74) is 0. The lowest BCUT2D eigenvalue weighted by molar-refractivity contribution is 0.187. The van der Waals surface area contributed by atoms with Gasteiger partial charge in [0, 0.05) is 19.1 Å². The quantitative estimate of drug-likeness (QED) is 0.610. The van der Waals surface area contributed by atoms with Gasteiger partial charge < -0.3 is 15.3 Å². The molecule has 0 fully saturated rings. The van der Waals surface area contributed by atoms with Crippen LogP contribution >= 0.6 is 0 Å². The molecule has 0 spiro atoms. The van der Waals surface area contributed by atoms with Crippen LogP contribution in [0.5, 0.6) is 0 Å². The molecule has 3 heteroatoms. The van der Waals surface area contributed by atoms with Crippen molar-refractivity contribution in [2.75, 3.05) is 33.3 Å². The van der Waals surface area contributed by atoms with Crippen LogP contribution in [0.25, 0.3) is 0 Å². The molecule has 0 radical (unpaired) electrons. The van der Waals surface area contributed by atoms with Crippen molar-refractivity contribution >= 4 is 0 Å². The van der Waals surface area contributed by atoms with Crippen molar-refractivity contribution in [1.29, 1.82) is 0 Å². The largest absolute Gasteiger partial charge is 0.395 e. The summed E-state index contributed by atoms with van der Waals surface area (Å²) in [7, 11) is 2.13. The maximum Gasteiger partial charge on any atom is 0.0597 e. The first-order valence-corrected chi connectivity index (χ1v) is 6.16. The van der Waals surface area contributed by atoms with Gasteiger partial charge in [0.15, 0.2) is 0 Å². The van der Waals surface area contributed by atoms with E-state index in [9.17, 15) is 5.11 Å². The van der Waals surface area contributed by atoms with E-state index in [2.05, 4.69) is 38.0 Å². The van der Waals surface area contributed by atoms with Crippen LogP contribution in [0.2, 0.25) is 0 Å². The molecule has 2 N–H and O–H groups in total. The second-order valence-electron chi connectivity index (χ2n) is 4.57. The molecule has 0 heterocycles. The maximum atomic E-state index is 9.20. The van der Waals surface area contributed by atoms with Crippen LogP contribution in [0.4, 0.5) is 0 Å².